The minimum Gasteiger partial charge on any atom is -0.465 e. The smallest absolute Gasteiger partial charge is 0.344 e. The van der Waals surface area contributed by atoms with Crippen LogP contribution in [0.1, 0.15) is 60.8 Å². The molecule has 0 aromatic rings. The van der Waals surface area contributed by atoms with E-state index in [0.29, 0.717) is 19.3 Å². The van der Waals surface area contributed by atoms with Gasteiger partial charge in [0, 0.05) is 0 Å². The molecule has 7 nitrogen and oxygen atoms in total. The van der Waals surface area contributed by atoms with Gasteiger partial charge in [-0.3, -0.25) is 9.36 Å². The Morgan fingerprint density at radius 3 is 2.23 bits per heavy atom. The van der Waals surface area contributed by atoms with Crippen LogP contribution in [0.4, 0.5) is 0 Å². The molecule has 0 aromatic heterocycles. The first kappa shape index (κ1) is 27.6. The van der Waals surface area contributed by atoms with Crippen LogP contribution in [0.3, 0.4) is 0 Å². The molecule has 0 N–H and O–H groups in total. The number of carbonyl (C=O) groups is 1. The lowest BCUT2D eigenvalue weighted by Crippen LogP contribution is -2.39. The average Bonchev–Trinajstić information content (AvgIpc) is 2.97. The second-order valence-corrected chi connectivity index (χ2v) is 16.5. The van der Waals surface area contributed by atoms with E-state index in [9.17, 15) is 9.36 Å². The monoisotopic (exact) mass is 483 g/mol. The molecule has 0 amide bonds. The second-order valence-electron chi connectivity index (χ2n) is 9.09. The molecule has 0 saturated heterocycles. The van der Waals surface area contributed by atoms with E-state index in [1.165, 1.54) is 0 Å². The van der Waals surface area contributed by atoms with Gasteiger partial charge in [-0.2, -0.15) is 0 Å². The Labute approximate surface area is 187 Å². The average molecular weight is 484 g/mol. The van der Waals surface area contributed by atoms with Gasteiger partial charge in [0.05, 0.1) is 30.9 Å². The largest absolute Gasteiger partial charge is 0.465 e. The molecule has 1 rings (SSSR count). The molecule has 1 aliphatic rings. The van der Waals surface area contributed by atoms with Crippen LogP contribution in [0, 0.1) is 5.92 Å². The first-order chi connectivity index (χ1) is 13.8. The lowest BCUT2D eigenvalue weighted by Gasteiger charge is -2.33. The van der Waals surface area contributed by atoms with Crippen LogP contribution >= 0.6 is 19.2 Å². The maximum Gasteiger partial charge on any atom is 0.344 e. The maximum absolute atomic E-state index is 13.3. The Kier molecular flexibility index (Phi) is 10.6. The number of carbonyl (C=O) groups excluding carboxylic acids is 1. The summed E-state index contributed by atoms with van der Waals surface area (Å²) in [5.41, 5.74) is -0.205. The van der Waals surface area contributed by atoms with Gasteiger partial charge in [0.15, 0.2) is 5.66 Å². The molecular formula is C20H39ClNO6PSi. The zero-order valence-corrected chi connectivity index (χ0v) is 22.3. The molecule has 0 bridgehead atoms. The first-order valence-corrected chi connectivity index (χ1v) is 15.7. The first-order valence-electron chi connectivity index (χ1n) is 10.8. The van der Waals surface area contributed by atoms with Crippen LogP contribution in [0.25, 0.3) is 0 Å². The van der Waals surface area contributed by atoms with Gasteiger partial charge in [0.25, 0.3) is 8.32 Å². The van der Waals surface area contributed by atoms with E-state index in [0.717, 1.165) is 5.71 Å². The highest BCUT2D eigenvalue weighted by atomic mass is 35.5. The summed E-state index contributed by atoms with van der Waals surface area (Å²) in [6, 6.07) is 0. The van der Waals surface area contributed by atoms with Gasteiger partial charge >= 0.3 is 13.6 Å². The molecule has 1 fully saturated rings. The van der Waals surface area contributed by atoms with E-state index < -0.39 is 27.5 Å². The summed E-state index contributed by atoms with van der Waals surface area (Å²) in [7, 11) is -5.69. The SMILES string of the molecule is CCOC(=O)C(CC1C/C(=N/O[Si](C)(C)C(C)(C)C)C(Cl)C1)P(=O)(OCC)OCC. The van der Waals surface area contributed by atoms with Crippen molar-refractivity contribution in [3.8, 4) is 0 Å². The molecular weight excluding hydrogens is 445 g/mol. The van der Waals surface area contributed by atoms with Crippen molar-refractivity contribution >= 4 is 39.2 Å². The van der Waals surface area contributed by atoms with E-state index in [4.69, 9.17) is 29.9 Å². The quantitative estimate of drug-likeness (QED) is 0.118. The zero-order valence-electron chi connectivity index (χ0n) is 19.7. The number of hydrogen-bond donors (Lipinski definition) is 0. The Morgan fingerprint density at radius 2 is 1.77 bits per heavy atom. The number of rotatable bonds is 11. The molecule has 0 aliphatic heterocycles. The van der Waals surface area contributed by atoms with Gasteiger partial charge in [-0.1, -0.05) is 20.8 Å². The van der Waals surface area contributed by atoms with Crippen LogP contribution in [0.2, 0.25) is 18.1 Å². The lowest BCUT2D eigenvalue weighted by molar-refractivity contribution is -0.143. The molecule has 0 aromatic carbocycles. The Morgan fingerprint density at radius 1 is 1.20 bits per heavy atom. The minimum absolute atomic E-state index is 0.0120. The van der Waals surface area contributed by atoms with E-state index in [2.05, 4.69) is 39.0 Å². The third-order valence-corrected chi connectivity index (χ3v) is 12.7. The molecule has 0 heterocycles. The van der Waals surface area contributed by atoms with Gasteiger partial charge in [-0.15, -0.1) is 16.8 Å². The van der Waals surface area contributed by atoms with E-state index in [-0.39, 0.29) is 36.2 Å². The number of oxime groups is 1. The van der Waals surface area contributed by atoms with Crippen LogP contribution in [-0.4, -0.2) is 50.9 Å². The number of nitrogens with zero attached hydrogens (tertiary/aromatic N) is 1. The standard InChI is InChI=1S/C20H39ClNO6PSi/c1-9-25-19(23)18(29(24,26-10-2)27-11-3)14-15-12-16(21)17(13-15)22-28-30(7,8)20(4,5)6/h15-16,18H,9-14H2,1-8H3/b22-17-. The number of esters is 1. The number of hydrogen-bond acceptors (Lipinski definition) is 7. The topological polar surface area (TPSA) is 83.4 Å². The Hall–Kier alpha value is -0.403. The molecule has 30 heavy (non-hydrogen) atoms. The van der Waals surface area contributed by atoms with Crippen molar-refractivity contribution in [2.24, 2.45) is 11.1 Å². The molecule has 1 saturated carbocycles. The molecule has 0 radical (unpaired) electrons. The fourth-order valence-electron chi connectivity index (χ4n) is 3.01. The lowest BCUT2D eigenvalue weighted by atomic mass is 10.0. The van der Waals surface area contributed by atoms with Gasteiger partial charge in [-0.25, -0.2) is 0 Å². The van der Waals surface area contributed by atoms with Crippen molar-refractivity contribution in [2.75, 3.05) is 19.8 Å². The van der Waals surface area contributed by atoms with Crippen molar-refractivity contribution in [2.45, 2.75) is 90.0 Å². The summed E-state index contributed by atoms with van der Waals surface area (Å²) in [5, 5.41) is 4.17. The zero-order chi connectivity index (χ0) is 23.2. The summed E-state index contributed by atoms with van der Waals surface area (Å²) >= 11 is 6.53. The van der Waals surface area contributed by atoms with Crippen molar-refractivity contribution in [3.63, 3.8) is 0 Å². The molecule has 176 valence electrons. The van der Waals surface area contributed by atoms with E-state index in [1.54, 1.807) is 20.8 Å². The number of alkyl halides is 1. The van der Waals surface area contributed by atoms with Crippen LogP contribution in [0.5, 0.6) is 0 Å². The maximum atomic E-state index is 13.3. The van der Waals surface area contributed by atoms with Crippen molar-refractivity contribution in [1.29, 1.82) is 0 Å². The molecule has 3 atom stereocenters. The Balaban J connectivity index is 3.00. The Bertz CT molecular complexity index is 642. The van der Waals surface area contributed by atoms with Crippen molar-refractivity contribution in [3.05, 3.63) is 0 Å². The second kappa shape index (κ2) is 11.5. The van der Waals surface area contributed by atoms with Gasteiger partial charge < -0.3 is 18.3 Å². The molecule has 0 spiro atoms. The van der Waals surface area contributed by atoms with Gasteiger partial charge in [0.2, 0.25) is 0 Å². The summed E-state index contributed by atoms with van der Waals surface area (Å²) in [4.78, 5) is 12.6. The molecule has 10 heteroatoms. The molecule has 3 unspecified atom stereocenters. The molecule has 1 aliphatic carbocycles. The number of halogens is 1. The summed E-state index contributed by atoms with van der Waals surface area (Å²) < 4.78 is 35.4. The summed E-state index contributed by atoms with van der Waals surface area (Å²) in [5.74, 6) is -0.547. The summed E-state index contributed by atoms with van der Waals surface area (Å²) in [6.45, 7) is 16.4. The van der Waals surface area contributed by atoms with Gasteiger partial charge in [-0.05, 0) is 64.1 Å². The minimum atomic E-state index is -3.65. The fraction of sp³-hybridized carbons (Fsp3) is 0.900. The van der Waals surface area contributed by atoms with Crippen LogP contribution in [-0.2, 0) is 27.7 Å². The third-order valence-electron chi connectivity index (χ3n) is 5.71. The fourth-order valence-corrected chi connectivity index (χ4v) is 6.05. The highest BCUT2D eigenvalue weighted by Crippen LogP contribution is 2.56. The number of ether oxygens (including phenoxy) is 1. The van der Waals surface area contributed by atoms with E-state index in [1.807, 2.05) is 0 Å². The van der Waals surface area contributed by atoms with Crippen molar-refractivity contribution < 1.29 is 27.7 Å². The van der Waals surface area contributed by atoms with Crippen LogP contribution < -0.4 is 0 Å². The highest BCUT2D eigenvalue weighted by molar-refractivity contribution is 7.55. The van der Waals surface area contributed by atoms with E-state index >= 15 is 0 Å². The normalized spacial score (nSPS) is 22.9. The predicted octanol–water partition coefficient (Wildman–Crippen LogP) is 5.97. The van der Waals surface area contributed by atoms with Crippen molar-refractivity contribution in [1.82, 2.24) is 0 Å². The van der Waals surface area contributed by atoms with Gasteiger partial charge in [0.1, 0.15) is 0 Å². The highest BCUT2D eigenvalue weighted by Gasteiger charge is 2.46. The predicted molar refractivity (Wildman–Crippen MR) is 124 cm³/mol. The van der Waals surface area contributed by atoms with Crippen LogP contribution in [0.15, 0.2) is 5.16 Å². The summed E-state index contributed by atoms with van der Waals surface area (Å²) in [6.07, 6.45) is 1.50. The third kappa shape index (κ3) is 7.33.